The summed E-state index contributed by atoms with van der Waals surface area (Å²) in [6, 6.07) is 21.6. The van der Waals surface area contributed by atoms with Gasteiger partial charge in [0.15, 0.2) is 11.5 Å². The van der Waals surface area contributed by atoms with Crippen molar-refractivity contribution < 1.29 is 33.3 Å². The number of hydrogen-bond acceptors (Lipinski definition) is 7. The summed E-state index contributed by atoms with van der Waals surface area (Å²) in [6.07, 6.45) is 0. The summed E-state index contributed by atoms with van der Waals surface area (Å²) in [4.78, 5) is 25.9. The van der Waals surface area contributed by atoms with Gasteiger partial charge in [-0.25, -0.2) is 0 Å². The van der Waals surface area contributed by atoms with Crippen LogP contribution >= 0.6 is 0 Å². The molecule has 3 aromatic carbocycles. The maximum atomic E-state index is 13.0. The molecule has 0 amide bonds. The van der Waals surface area contributed by atoms with E-state index in [4.69, 9.17) is 23.7 Å². The third-order valence-corrected chi connectivity index (χ3v) is 5.38. The number of ether oxygens (including phenoxy) is 5. The summed E-state index contributed by atoms with van der Waals surface area (Å²) in [5, 5.41) is 0. The lowest BCUT2D eigenvalue weighted by atomic mass is 9.98. The highest BCUT2D eigenvalue weighted by Gasteiger charge is 2.20. The van der Waals surface area contributed by atoms with E-state index in [0.29, 0.717) is 63.3 Å². The van der Waals surface area contributed by atoms with Gasteiger partial charge in [-0.15, -0.1) is 0 Å². The number of ketones is 2. The average molecular weight is 477 g/mol. The first-order valence-electron chi connectivity index (χ1n) is 11.6. The number of rotatable bonds is 4. The average Bonchev–Trinajstić information content (AvgIpc) is 2.92. The Balaban J connectivity index is 1.47. The molecule has 182 valence electrons. The molecule has 0 radical (unpaired) electrons. The number of carbonyl (C=O) groups excluding carboxylic acids is 2. The van der Waals surface area contributed by atoms with Gasteiger partial charge in [0.05, 0.1) is 39.6 Å². The maximum absolute atomic E-state index is 13.0. The Labute approximate surface area is 204 Å². The van der Waals surface area contributed by atoms with Gasteiger partial charge in [0.1, 0.15) is 13.2 Å². The Hall–Kier alpha value is -3.52. The molecule has 0 atom stereocenters. The Kier molecular flexibility index (Phi) is 9.00. The smallest absolute Gasteiger partial charge is 0.233 e. The van der Waals surface area contributed by atoms with E-state index in [0.717, 1.165) is 11.1 Å². The van der Waals surface area contributed by atoms with E-state index in [1.54, 1.807) is 24.3 Å². The van der Waals surface area contributed by atoms with Gasteiger partial charge < -0.3 is 23.7 Å². The maximum Gasteiger partial charge on any atom is 0.233 e. The van der Waals surface area contributed by atoms with Gasteiger partial charge in [-0.1, -0.05) is 54.6 Å². The van der Waals surface area contributed by atoms with E-state index in [1.807, 2.05) is 42.5 Å². The van der Waals surface area contributed by atoms with Crippen molar-refractivity contribution in [2.24, 2.45) is 0 Å². The quantitative estimate of drug-likeness (QED) is 0.412. The molecule has 1 heterocycles. The summed E-state index contributed by atoms with van der Waals surface area (Å²) in [7, 11) is 0. The largest absolute Gasteiger partial charge is 0.487 e. The minimum absolute atomic E-state index is 0.230. The van der Waals surface area contributed by atoms with Crippen LogP contribution in [-0.2, 0) is 14.2 Å². The third kappa shape index (κ3) is 6.99. The summed E-state index contributed by atoms with van der Waals surface area (Å²) < 4.78 is 27.9. The van der Waals surface area contributed by atoms with Crippen molar-refractivity contribution >= 4 is 11.6 Å². The Morgan fingerprint density at radius 3 is 1.60 bits per heavy atom. The normalized spacial score (nSPS) is 15.4. The zero-order valence-electron chi connectivity index (χ0n) is 19.4. The van der Waals surface area contributed by atoms with Gasteiger partial charge in [-0.2, -0.15) is 0 Å². The predicted molar refractivity (Wildman–Crippen MR) is 130 cm³/mol. The molecule has 4 rings (SSSR count). The second kappa shape index (κ2) is 12.8. The van der Waals surface area contributed by atoms with E-state index < -0.39 is 11.6 Å². The van der Waals surface area contributed by atoms with Crippen molar-refractivity contribution in [3.63, 3.8) is 0 Å². The van der Waals surface area contributed by atoms with Gasteiger partial charge in [0.25, 0.3) is 0 Å². The monoisotopic (exact) mass is 476 g/mol. The molecule has 7 heteroatoms. The third-order valence-electron chi connectivity index (χ3n) is 5.38. The summed E-state index contributed by atoms with van der Waals surface area (Å²) in [5.41, 5.74) is 2.57. The molecule has 0 saturated carbocycles. The lowest BCUT2D eigenvalue weighted by Crippen LogP contribution is -2.15. The van der Waals surface area contributed by atoms with Crippen LogP contribution in [0.4, 0.5) is 0 Å². The van der Waals surface area contributed by atoms with Crippen LogP contribution in [0.3, 0.4) is 0 Å². The van der Waals surface area contributed by atoms with Crippen molar-refractivity contribution in [1.29, 1.82) is 0 Å². The highest BCUT2D eigenvalue weighted by Crippen LogP contribution is 2.29. The number of Topliss-reactive ketones (excluding diaryl/α,β-unsaturated/α-hetero) is 2. The van der Waals surface area contributed by atoms with Crippen molar-refractivity contribution in [3.8, 4) is 22.6 Å². The molecule has 3 aromatic rings. The van der Waals surface area contributed by atoms with E-state index in [1.165, 1.54) is 6.07 Å². The fraction of sp³-hybridized carbons (Fsp3) is 0.286. The molecule has 0 aliphatic carbocycles. The number of benzene rings is 3. The Morgan fingerprint density at radius 2 is 0.971 bits per heavy atom. The number of hydrogen-bond donors (Lipinski definition) is 0. The fourth-order valence-corrected chi connectivity index (χ4v) is 3.55. The molecule has 0 N–H and O–H groups in total. The first-order chi connectivity index (χ1) is 17.2. The van der Waals surface area contributed by atoms with Gasteiger partial charge in [-0.05, 0) is 29.3 Å². The van der Waals surface area contributed by atoms with Crippen LogP contribution in [0.15, 0.2) is 72.8 Å². The lowest BCUT2D eigenvalue weighted by Gasteiger charge is -2.14. The first-order valence-corrected chi connectivity index (χ1v) is 11.6. The highest BCUT2D eigenvalue weighted by molar-refractivity contribution is 6.49. The minimum Gasteiger partial charge on any atom is -0.487 e. The van der Waals surface area contributed by atoms with Crippen LogP contribution < -0.4 is 9.47 Å². The fourth-order valence-electron chi connectivity index (χ4n) is 3.55. The molecule has 7 nitrogen and oxygen atoms in total. The lowest BCUT2D eigenvalue weighted by molar-refractivity contribution is 0.00708. The highest BCUT2D eigenvalue weighted by atomic mass is 16.6. The molecule has 0 bridgehead atoms. The van der Waals surface area contributed by atoms with Crippen molar-refractivity contribution in [3.05, 3.63) is 83.9 Å². The molecular weight excluding hydrogens is 448 g/mol. The molecule has 0 saturated heterocycles. The Morgan fingerprint density at radius 1 is 0.486 bits per heavy atom. The molecule has 1 aliphatic rings. The second-order valence-corrected chi connectivity index (χ2v) is 7.80. The van der Waals surface area contributed by atoms with Crippen molar-refractivity contribution in [2.75, 3.05) is 52.9 Å². The predicted octanol–water partition coefficient (Wildman–Crippen LogP) is 4.24. The summed E-state index contributed by atoms with van der Waals surface area (Å²) >= 11 is 0. The standard InChI is InChI=1S/C28H28O7/c29-27(23-8-6-22(7-9-23)21-4-2-1-3-5-21)28(30)24-10-11-25-26(20-24)35-19-17-33-15-13-31-12-14-32-16-18-34-25/h1-11,20H,12-19H2. The molecule has 35 heavy (non-hydrogen) atoms. The van der Waals surface area contributed by atoms with Crippen LogP contribution in [0, 0.1) is 0 Å². The van der Waals surface area contributed by atoms with E-state index in [-0.39, 0.29) is 12.2 Å². The van der Waals surface area contributed by atoms with E-state index in [9.17, 15) is 9.59 Å². The van der Waals surface area contributed by atoms with Crippen molar-refractivity contribution in [1.82, 2.24) is 0 Å². The zero-order chi connectivity index (χ0) is 24.3. The molecule has 0 fully saturated rings. The van der Waals surface area contributed by atoms with Gasteiger partial charge in [0, 0.05) is 11.1 Å². The molecule has 1 aliphatic heterocycles. The van der Waals surface area contributed by atoms with E-state index >= 15 is 0 Å². The molecule has 0 aromatic heterocycles. The van der Waals surface area contributed by atoms with Gasteiger partial charge in [-0.3, -0.25) is 9.59 Å². The van der Waals surface area contributed by atoms with Crippen LogP contribution in [0.25, 0.3) is 11.1 Å². The molecule has 0 spiro atoms. The van der Waals surface area contributed by atoms with Gasteiger partial charge in [0.2, 0.25) is 11.6 Å². The van der Waals surface area contributed by atoms with Crippen LogP contribution in [-0.4, -0.2) is 64.4 Å². The van der Waals surface area contributed by atoms with Crippen LogP contribution in [0.2, 0.25) is 0 Å². The second-order valence-electron chi connectivity index (χ2n) is 7.80. The molecular formula is C28H28O7. The topological polar surface area (TPSA) is 80.3 Å². The first kappa shape index (κ1) is 24.6. The zero-order valence-corrected chi connectivity index (χ0v) is 19.4. The van der Waals surface area contributed by atoms with Crippen LogP contribution in [0.5, 0.6) is 11.5 Å². The molecule has 0 unspecified atom stereocenters. The summed E-state index contributed by atoms with van der Waals surface area (Å²) in [6.45, 7) is 3.19. The van der Waals surface area contributed by atoms with Crippen LogP contribution in [0.1, 0.15) is 20.7 Å². The van der Waals surface area contributed by atoms with Gasteiger partial charge >= 0.3 is 0 Å². The number of carbonyl (C=O) groups is 2. The summed E-state index contributed by atoms with van der Waals surface area (Å²) in [5.74, 6) is -0.357. The SMILES string of the molecule is O=C(C(=O)c1ccc2c(c1)OCCOCCOCCOCCO2)c1ccc(-c2ccccc2)cc1. The minimum atomic E-state index is -0.614. The Bertz CT molecular complexity index is 1110. The number of fused-ring (bicyclic) bond motifs is 1. The van der Waals surface area contributed by atoms with Crippen molar-refractivity contribution in [2.45, 2.75) is 0 Å². The van der Waals surface area contributed by atoms with E-state index in [2.05, 4.69) is 0 Å².